The molecule has 0 bridgehead atoms. The summed E-state index contributed by atoms with van der Waals surface area (Å²) in [7, 11) is 0. The number of imidazole rings is 1. The number of fused-ring (bicyclic) bond motifs is 1. The van der Waals surface area contributed by atoms with Crippen molar-refractivity contribution in [2.75, 3.05) is 18.0 Å². The molecule has 1 aliphatic heterocycles. The summed E-state index contributed by atoms with van der Waals surface area (Å²) in [6.07, 6.45) is 6.77. The highest BCUT2D eigenvalue weighted by molar-refractivity contribution is 6.28. The number of H-pyrrole nitrogens is 1. The van der Waals surface area contributed by atoms with Crippen LogP contribution in [-0.2, 0) is 11.3 Å². The molecular formula is C17H18ClN7O. The van der Waals surface area contributed by atoms with Crippen LogP contribution in [0.1, 0.15) is 18.4 Å². The summed E-state index contributed by atoms with van der Waals surface area (Å²) in [5, 5.41) is 3.17. The highest BCUT2D eigenvalue weighted by Crippen LogP contribution is 2.27. The van der Waals surface area contributed by atoms with E-state index in [1.165, 1.54) is 0 Å². The average molecular weight is 372 g/mol. The van der Waals surface area contributed by atoms with E-state index in [9.17, 15) is 4.79 Å². The molecule has 9 heteroatoms. The van der Waals surface area contributed by atoms with Crippen molar-refractivity contribution in [1.29, 1.82) is 0 Å². The van der Waals surface area contributed by atoms with Crippen LogP contribution < -0.4 is 10.2 Å². The number of nitrogens with zero attached hydrogens (tertiary/aromatic N) is 5. The first-order valence-corrected chi connectivity index (χ1v) is 8.86. The van der Waals surface area contributed by atoms with E-state index in [1.54, 1.807) is 18.7 Å². The van der Waals surface area contributed by atoms with Crippen molar-refractivity contribution in [3.63, 3.8) is 0 Å². The van der Waals surface area contributed by atoms with Crippen molar-refractivity contribution in [1.82, 2.24) is 30.2 Å². The number of anilines is 1. The van der Waals surface area contributed by atoms with E-state index >= 15 is 0 Å². The van der Waals surface area contributed by atoms with Gasteiger partial charge in [0.2, 0.25) is 11.2 Å². The summed E-state index contributed by atoms with van der Waals surface area (Å²) >= 11 is 6.03. The van der Waals surface area contributed by atoms with E-state index in [0.29, 0.717) is 24.6 Å². The van der Waals surface area contributed by atoms with E-state index in [2.05, 4.69) is 35.1 Å². The van der Waals surface area contributed by atoms with Crippen LogP contribution in [0, 0.1) is 5.92 Å². The van der Waals surface area contributed by atoms with Crippen LogP contribution in [-0.4, -0.2) is 43.9 Å². The van der Waals surface area contributed by atoms with E-state index in [0.717, 1.165) is 30.5 Å². The van der Waals surface area contributed by atoms with Gasteiger partial charge in [-0.3, -0.25) is 9.78 Å². The summed E-state index contributed by atoms with van der Waals surface area (Å²) in [6.45, 7) is 1.90. The number of pyridine rings is 1. The van der Waals surface area contributed by atoms with Crippen LogP contribution in [0.15, 0.2) is 30.9 Å². The summed E-state index contributed by atoms with van der Waals surface area (Å²) in [5.41, 5.74) is 2.30. The number of halogens is 1. The average Bonchev–Trinajstić information content (AvgIpc) is 3.14. The maximum absolute atomic E-state index is 12.6. The van der Waals surface area contributed by atoms with Crippen molar-refractivity contribution in [3.05, 3.63) is 41.7 Å². The number of rotatable bonds is 4. The minimum atomic E-state index is -0.0997. The molecule has 3 aromatic heterocycles. The van der Waals surface area contributed by atoms with Crippen molar-refractivity contribution in [3.8, 4) is 0 Å². The SMILES string of the molecule is O=C(NCc1ccncc1)[C@@H]1CCCN(c2nc(Cl)nc3nc[nH]c23)C1. The van der Waals surface area contributed by atoms with Crippen LogP contribution in [0.25, 0.3) is 11.2 Å². The fraction of sp³-hybridized carbons (Fsp3) is 0.353. The number of aromatic amines is 1. The summed E-state index contributed by atoms with van der Waals surface area (Å²) in [4.78, 5) is 34.3. The molecule has 3 aromatic rings. The Labute approximate surface area is 155 Å². The zero-order valence-corrected chi connectivity index (χ0v) is 14.8. The molecule has 0 aliphatic carbocycles. The zero-order chi connectivity index (χ0) is 17.9. The molecule has 0 aromatic carbocycles. The van der Waals surface area contributed by atoms with E-state index in [4.69, 9.17) is 11.6 Å². The van der Waals surface area contributed by atoms with E-state index in [-0.39, 0.29) is 17.1 Å². The molecule has 1 fully saturated rings. The van der Waals surface area contributed by atoms with Crippen LogP contribution >= 0.6 is 11.6 Å². The molecule has 134 valence electrons. The normalized spacial score (nSPS) is 17.4. The molecule has 0 unspecified atom stereocenters. The smallest absolute Gasteiger partial charge is 0.226 e. The van der Waals surface area contributed by atoms with Gasteiger partial charge in [-0.2, -0.15) is 9.97 Å². The zero-order valence-electron chi connectivity index (χ0n) is 14.0. The van der Waals surface area contributed by atoms with Crippen LogP contribution in [0.2, 0.25) is 5.28 Å². The molecule has 0 saturated carbocycles. The minimum absolute atomic E-state index is 0.0486. The first kappa shape index (κ1) is 16.7. The van der Waals surface area contributed by atoms with Gasteiger partial charge in [0.25, 0.3) is 0 Å². The lowest BCUT2D eigenvalue weighted by Crippen LogP contribution is -2.43. The molecule has 2 N–H and O–H groups in total. The minimum Gasteiger partial charge on any atom is -0.354 e. The molecule has 1 saturated heterocycles. The molecule has 1 aliphatic rings. The number of hydrogen-bond acceptors (Lipinski definition) is 6. The number of carbonyl (C=O) groups is 1. The van der Waals surface area contributed by atoms with Gasteiger partial charge in [-0.05, 0) is 42.1 Å². The third-order valence-electron chi connectivity index (χ3n) is 4.55. The molecular weight excluding hydrogens is 354 g/mol. The van der Waals surface area contributed by atoms with Gasteiger partial charge < -0.3 is 15.2 Å². The predicted octanol–water partition coefficient (Wildman–Crippen LogP) is 1.93. The number of amides is 1. The second-order valence-corrected chi connectivity index (χ2v) is 6.61. The first-order valence-electron chi connectivity index (χ1n) is 8.49. The lowest BCUT2D eigenvalue weighted by atomic mass is 9.97. The Bertz CT molecular complexity index is 914. The summed E-state index contributed by atoms with van der Waals surface area (Å²) in [5.74, 6) is 0.647. The lowest BCUT2D eigenvalue weighted by Gasteiger charge is -2.33. The van der Waals surface area contributed by atoms with E-state index < -0.39 is 0 Å². The maximum Gasteiger partial charge on any atom is 0.226 e. The van der Waals surface area contributed by atoms with Gasteiger partial charge in [-0.1, -0.05) is 0 Å². The second kappa shape index (κ2) is 7.25. The number of nitrogens with one attached hydrogen (secondary N) is 2. The van der Waals surface area contributed by atoms with Crippen molar-refractivity contribution < 1.29 is 4.79 Å². The molecule has 1 atom stereocenters. The van der Waals surface area contributed by atoms with Gasteiger partial charge in [0.1, 0.15) is 5.52 Å². The highest BCUT2D eigenvalue weighted by atomic mass is 35.5. The quantitative estimate of drug-likeness (QED) is 0.680. The topological polar surface area (TPSA) is 99.7 Å². The maximum atomic E-state index is 12.6. The third kappa shape index (κ3) is 3.45. The predicted molar refractivity (Wildman–Crippen MR) is 97.7 cm³/mol. The highest BCUT2D eigenvalue weighted by Gasteiger charge is 2.28. The Kier molecular flexibility index (Phi) is 4.66. The number of hydrogen-bond donors (Lipinski definition) is 2. The van der Waals surface area contributed by atoms with Gasteiger partial charge in [0, 0.05) is 32.0 Å². The second-order valence-electron chi connectivity index (χ2n) is 6.28. The Balaban J connectivity index is 1.47. The van der Waals surface area contributed by atoms with Crippen LogP contribution in [0.5, 0.6) is 0 Å². The molecule has 4 heterocycles. The van der Waals surface area contributed by atoms with Gasteiger partial charge in [-0.25, -0.2) is 4.98 Å². The van der Waals surface area contributed by atoms with Crippen LogP contribution in [0.4, 0.5) is 5.82 Å². The van der Waals surface area contributed by atoms with Gasteiger partial charge in [-0.15, -0.1) is 0 Å². The third-order valence-corrected chi connectivity index (χ3v) is 4.72. The van der Waals surface area contributed by atoms with Gasteiger partial charge >= 0.3 is 0 Å². The molecule has 4 rings (SSSR count). The van der Waals surface area contributed by atoms with Gasteiger partial charge in [0.15, 0.2) is 11.5 Å². The number of aromatic nitrogens is 5. The fourth-order valence-corrected chi connectivity index (χ4v) is 3.40. The number of carbonyl (C=O) groups excluding carboxylic acids is 1. The van der Waals surface area contributed by atoms with Crippen molar-refractivity contribution in [2.24, 2.45) is 5.92 Å². The Morgan fingerprint density at radius 2 is 2.19 bits per heavy atom. The first-order chi connectivity index (χ1) is 12.7. The summed E-state index contributed by atoms with van der Waals surface area (Å²) < 4.78 is 0. The summed E-state index contributed by atoms with van der Waals surface area (Å²) in [6, 6.07) is 3.79. The van der Waals surface area contributed by atoms with Gasteiger partial charge in [0.05, 0.1) is 12.2 Å². The lowest BCUT2D eigenvalue weighted by molar-refractivity contribution is -0.125. The van der Waals surface area contributed by atoms with Crippen LogP contribution in [0.3, 0.4) is 0 Å². The molecule has 0 radical (unpaired) electrons. The fourth-order valence-electron chi connectivity index (χ4n) is 3.24. The Morgan fingerprint density at radius 3 is 3.04 bits per heavy atom. The van der Waals surface area contributed by atoms with Crippen molar-refractivity contribution >= 4 is 34.5 Å². The molecule has 8 nitrogen and oxygen atoms in total. The van der Waals surface area contributed by atoms with E-state index in [1.807, 2.05) is 12.1 Å². The molecule has 1 amide bonds. The monoisotopic (exact) mass is 371 g/mol. The largest absolute Gasteiger partial charge is 0.354 e. The molecule has 26 heavy (non-hydrogen) atoms. The molecule has 0 spiro atoms. The number of piperidine rings is 1. The standard InChI is InChI=1S/C17H18ClN7O/c18-17-23-14-13(21-10-22-14)15(24-17)25-7-1-2-12(9-25)16(26)20-8-11-3-5-19-6-4-11/h3-6,10,12H,1-2,7-9H2,(H,20,26)(H,21,22,23,24)/t12-/m1/s1. The van der Waals surface area contributed by atoms with Crippen molar-refractivity contribution in [2.45, 2.75) is 19.4 Å². The Hall–Kier alpha value is -2.74. The Morgan fingerprint density at radius 1 is 1.35 bits per heavy atom.